The summed E-state index contributed by atoms with van der Waals surface area (Å²) in [4.78, 5) is 22.0. The first-order chi connectivity index (χ1) is 11.7. The van der Waals surface area contributed by atoms with Crippen molar-refractivity contribution in [2.75, 3.05) is 13.2 Å². The molecule has 0 aliphatic carbocycles. The smallest absolute Gasteiger partial charge is 0.263 e. The first-order valence-electron chi connectivity index (χ1n) is 8.01. The number of aryl methyl sites for hydroxylation is 2. The first-order valence-corrected chi connectivity index (χ1v) is 9.77. The average Bonchev–Trinajstić information content (AvgIpc) is 3.23. The molecular weight excluding hydrogens is 346 g/mol. The van der Waals surface area contributed by atoms with E-state index in [0.29, 0.717) is 24.7 Å². The van der Waals surface area contributed by atoms with Crippen LogP contribution < -0.4 is 5.32 Å². The molecule has 0 saturated carbocycles. The number of hydrogen-bond acceptors (Lipinski definition) is 7. The molecule has 24 heavy (non-hydrogen) atoms. The molecule has 0 spiro atoms. The quantitative estimate of drug-likeness (QED) is 0.849. The molecule has 2 aromatic heterocycles. The molecule has 1 saturated heterocycles. The number of nitrogens with zero attached hydrogens (tertiary/aromatic N) is 2. The fraction of sp³-hybridized carbons (Fsp3) is 0.562. The van der Waals surface area contributed by atoms with Gasteiger partial charge in [-0.2, -0.15) is 0 Å². The molecule has 2 atom stereocenters. The average molecular weight is 367 g/mol. The van der Waals surface area contributed by atoms with E-state index < -0.39 is 0 Å². The number of thiazole rings is 2. The van der Waals surface area contributed by atoms with Gasteiger partial charge in [-0.25, -0.2) is 9.97 Å². The molecular formula is C16H21N3O3S2. The van der Waals surface area contributed by atoms with Crippen molar-refractivity contribution in [1.29, 1.82) is 0 Å². The van der Waals surface area contributed by atoms with Crippen molar-refractivity contribution >= 4 is 28.6 Å². The van der Waals surface area contributed by atoms with Crippen LogP contribution in [0, 0.1) is 6.92 Å². The molecule has 2 aromatic rings. The van der Waals surface area contributed by atoms with Crippen LogP contribution in [0.3, 0.4) is 0 Å². The van der Waals surface area contributed by atoms with Crippen LogP contribution in [0.1, 0.15) is 39.4 Å². The van der Waals surface area contributed by atoms with E-state index in [2.05, 4.69) is 15.3 Å². The topological polar surface area (TPSA) is 73.3 Å². The van der Waals surface area contributed by atoms with Gasteiger partial charge in [0, 0.05) is 12.0 Å². The van der Waals surface area contributed by atoms with Crippen LogP contribution in [0.5, 0.6) is 0 Å². The molecule has 1 aliphatic rings. The minimum absolute atomic E-state index is 0.0583. The van der Waals surface area contributed by atoms with Crippen molar-refractivity contribution in [3.05, 3.63) is 32.2 Å². The van der Waals surface area contributed by atoms with E-state index in [1.165, 1.54) is 11.3 Å². The highest BCUT2D eigenvalue weighted by Gasteiger charge is 2.29. The van der Waals surface area contributed by atoms with E-state index in [1.54, 1.807) is 16.8 Å². The third kappa shape index (κ3) is 4.18. The van der Waals surface area contributed by atoms with Gasteiger partial charge >= 0.3 is 0 Å². The largest absolute Gasteiger partial charge is 0.379 e. The number of carbonyl (C=O) groups excluding carboxylic acids is 1. The second kappa shape index (κ2) is 8.15. The van der Waals surface area contributed by atoms with Crippen molar-refractivity contribution in [3.8, 4) is 0 Å². The Bertz CT molecular complexity index is 672. The zero-order valence-corrected chi connectivity index (χ0v) is 15.4. The Morgan fingerprint density at radius 2 is 2.42 bits per heavy atom. The highest BCUT2D eigenvalue weighted by atomic mass is 32.1. The van der Waals surface area contributed by atoms with Crippen LogP contribution in [-0.2, 0) is 22.5 Å². The summed E-state index contributed by atoms with van der Waals surface area (Å²) in [6, 6.07) is -0.0583. The molecule has 1 fully saturated rings. The van der Waals surface area contributed by atoms with Crippen molar-refractivity contribution < 1.29 is 14.3 Å². The third-order valence-corrected chi connectivity index (χ3v) is 5.54. The Morgan fingerprint density at radius 1 is 1.54 bits per heavy atom. The van der Waals surface area contributed by atoms with Gasteiger partial charge in [-0.3, -0.25) is 4.79 Å². The van der Waals surface area contributed by atoms with E-state index >= 15 is 0 Å². The molecule has 1 N–H and O–H groups in total. The van der Waals surface area contributed by atoms with Crippen LogP contribution >= 0.6 is 22.7 Å². The third-order valence-electron chi connectivity index (χ3n) is 3.89. The molecule has 130 valence electrons. The number of rotatable bonds is 6. The molecule has 0 radical (unpaired) electrons. The predicted molar refractivity (Wildman–Crippen MR) is 93.6 cm³/mol. The highest BCUT2D eigenvalue weighted by Crippen LogP contribution is 2.20. The molecule has 1 aliphatic heterocycles. The summed E-state index contributed by atoms with van der Waals surface area (Å²) in [7, 11) is 0. The van der Waals surface area contributed by atoms with Crippen molar-refractivity contribution in [2.45, 2.75) is 45.4 Å². The molecule has 0 unspecified atom stereocenters. The highest BCUT2D eigenvalue weighted by molar-refractivity contribution is 7.13. The van der Waals surface area contributed by atoms with Gasteiger partial charge in [0.15, 0.2) is 0 Å². The lowest BCUT2D eigenvalue weighted by molar-refractivity contribution is -0.0742. The van der Waals surface area contributed by atoms with E-state index in [4.69, 9.17) is 9.47 Å². The van der Waals surface area contributed by atoms with E-state index in [9.17, 15) is 4.79 Å². The van der Waals surface area contributed by atoms with Gasteiger partial charge in [0.2, 0.25) is 0 Å². The van der Waals surface area contributed by atoms with Crippen molar-refractivity contribution in [3.63, 3.8) is 0 Å². The Morgan fingerprint density at radius 3 is 3.17 bits per heavy atom. The molecule has 0 aromatic carbocycles. The van der Waals surface area contributed by atoms with Crippen LogP contribution in [0.2, 0.25) is 0 Å². The standard InChI is InChI=1S/C16H21N3O3S2/c1-3-12-15(24-10(2)18-12)16(20)19-13-4-5-21-7-14(13)22-6-11-8-23-9-17-11/h8-9,13-14H,3-7H2,1-2H3,(H,19,20)/t13-,14-/m1/s1. The molecule has 1 amide bonds. The molecule has 0 bridgehead atoms. The lowest BCUT2D eigenvalue weighted by atomic mass is 10.1. The van der Waals surface area contributed by atoms with Crippen molar-refractivity contribution in [2.24, 2.45) is 0 Å². The minimum atomic E-state index is -0.163. The van der Waals surface area contributed by atoms with Gasteiger partial charge in [0.25, 0.3) is 5.91 Å². The van der Waals surface area contributed by atoms with Gasteiger partial charge in [0.05, 0.1) is 41.2 Å². The Kier molecular flexibility index (Phi) is 5.94. The Hall–Kier alpha value is -1.35. The summed E-state index contributed by atoms with van der Waals surface area (Å²) in [5.74, 6) is -0.0633. The van der Waals surface area contributed by atoms with Gasteiger partial charge in [-0.05, 0) is 19.8 Å². The Labute approximate surface area is 149 Å². The van der Waals surface area contributed by atoms with Crippen LogP contribution in [-0.4, -0.2) is 41.2 Å². The van der Waals surface area contributed by atoms with Gasteiger partial charge < -0.3 is 14.8 Å². The summed E-state index contributed by atoms with van der Waals surface area (Å²) in [6.07, 6.45) is 1.33. The zero-order chi connectivity index (χ0) is 16.9. The molecule has 6 nitrogen and oxygen atoms in total. The summed E-state index contributed by atoms with van der Waals surface area (Å²) in [5, 5.41) is 5.99. The van der Waals surface area contributed by atoms with E-state index in [0.717, 1.165) is 29.2 Å². The van der Waals surface area contributed by atoms with Gasteiger partial charge in [-0.15, -0.1) is 22.7 Å². The Balaban J connectivity index is 1.63. The summed E-state index contributed by atoms with van der Waals surface area (Å²) >= 11 is 2.99. The summed E-state index contributed by atoms with van der Waals surface area (Å²) in [6.45, 7) is 5.49. The first kappa shape index (κ1) is 17.5. The number of hydrogen-bond donors (Lipinski definition) is 1. The maximum absolute atomic E-state index is 12.6. The molecule has 3 heterocycles. The monoisotopic (exact) mass is 367 g/mol. The number of carbonyl (C=O) groups is 1. The normalized spacial score (nSPS) is 20.9. The lowest BCUT2D eigenvalue weighted by Crippen LogP contribution is -2.50. The van der Waals surface area contributed by atoms with Gasteiger partial charge in [0.1, 0.15) is 11.0 Å². The number of nitrogens with one attached hydrogen (secondary N) is 1. The van der Waals surface area contributed by atoms with Gasteiger partial charge in [-0.1, -0.05) is 6.92 Å². The second-order valence-corrected chi connectivity index (χ2v) is 7.56. The maximum Gasteiger partial charge on any atom is 0.263 e. The maximum atomic E-state index is 12.6. The number of ether oxygens (including phenoxy) is 2. The molecule has 8 heteroatoms. The SMILES string of the molecule is CCc1nc(C)sc1C(=O)N[C@@H]1CCOC[C@H]1OCc1cscn1. The predicted octanol–water partition coefficient (Wildman–Crippen LogP) is 2.57. The van der Waals surface area contributed by atoms with Crippen molar-refractivity contribution in [1.82, 2.24) is 15.3 Å². The lowest BCUT2D eigenvalue weighted by Gasteiger charge is -2.31. The fourth-order valence-electron chi connectivity index (χ4n) is 2.66. The molecule has 3 rings (SSSR count). The summed E-state index contributed by atoms with van der Waals surface area (Å²) < 4.78 is 11.4. The van der Waals surface area contributed by atoms with E-state index in [1.807, 2.05) is 19.2 Å². The van der Waals surface area contributed by atoms with Crippen LogP contribution in [0.25, 0.3) is 0 Å². The number of aromatic nitrogens is 2. The van der Waals surface area contributed by atoms with E-state index in [-0.39, 0.29) is 18.1 Å². The minimum Gasteiger partial charge on any atom is -0.379 e. The van der Waals surface area contributed by atoms with Crippen LogP contribution in [0.15, 0.2) is 10.9 Å². The zero-order valence-electron chi connectivity index (χ0n) is 13.8. The van der Waals surface area contributed by atoms with Crippen LogP contribution in [0.4, 0.5) is 0 Å². The fourth-order valence-corrected chi connectivity index (χ4v) is 4.12. The summed E-state index contributed by atoms with van der Waals surface area (Å²) in [5.41, 5.74) is 3.55. The second-order valence-electron chi connectivity index (χ2n) is 5.64. The number of amides is 1.